The zero-order valence-corrected chi connectivity index (χ0v) is 17.0. The van der Waals surface area contributed by atoms with Crippen LogP contribution in [0.4, 0.5) is 5.13 Å². The van der Waals surface area contributed by atoms with Crippen molar-refractivity contribution >= 4 is 32.6 Å². The van der Waals surface area contributed by atoms with Gasteiger partial charge in [0.25, 0.3) is 0 Å². The van der Waals surface area contributed by atoms with Gasteiger partial charge < -0.3 is 9.47 Å². The van der Waals surface area contributed by atoms with Crippen molar-refractivity contribution in [3.05, 3.63) is 53.6 Å². The summed E-state index contributed by atoms with van der Waals surface area (Å²) in [4.78, 5) is 19.7. The van der Waals surface area contributed by atoms with Crippen LogP contribution < -0.4 is 9.64 Å². The molecular formula is C22H24N2O3S. The first kappa shape index (κ1) is 18.9. The van der Waals surface area contributed by atoms with Crippen molar-refractivity contribution in [1.82, 2.24) is 4.98 Å². The molecule has 2 aromatic carbocycles. The van der Waals surface area contributed by atoms with Gasteiger partial charge in [0, 0.05) is 6.61 Å². The molecule has 0 spiro atoms. The summed E-state index contributed by atoms with van der Waals surface area (Å²) in [6.07, 6.45) is 2.45. The molecule has 1 unspecified atom stereocenters. The molecule has 5 nitrogen and oxygen atoms in total. The van der Waals surface area contributed by atoms with E-state index in [1.807, 2.05) is 49.4 Å². The lowest BCUT2D eigenvalue weighted by atomic mass is 10.1. The summed E-state index contributed by atoms with van der Waals surface area (Å²) >= 11 is 1.52. The van der Waals surface area contributed by atoms with Crippen molar-refractivity contribution in [1.29, 1.82) is 0 Å². The number of aryl methyl sites for hydroxylation is 1. The first-order chi connectivity index (χ1) is 13.6. The fourth-order valence-electron chi connectivity index (χ4n) is 3.39. The molecule has 1 amide bonds. The number of carbonyl (C=O) groups is 1. The zero-order valence-electron chi connectivity index (χ0n) is 16.2. The highest BCUT2D eigenvalue weighted by Gasteiger charge is 2.26. The van der Waals surface area contributed by atoms with E-state index in [0.717, 1.165) is 46.1 Å². The lowest BCUT2D eigenvalue weighted by Crippen LogP contribution is -2.38. The number of nitrogens with zero attached hydrogens (tertiary/aromatic N) is 2. The van der Waals surface area contributed by atoms with Gasteiger partial charge >= 0.3 is 0 Å². The quantitative estimate of drug-likeness (QED) is 0.621. The van der Waals surface area contributed by atoms with E-state index in [2.05, 4.69) is 0 Å². The highest BCUT2D eigenvalue weighted by molar-refractivity contribution is 7.22. The fourth-order valence-corrected chi connectivity index (χ4v) is 4.41. The van der Waals surface area contributed by atoms with Crippen molar-refractivity contribution in [3.8, 4) is 5.75 Å². The summed E-state index contributed by atoms with van der Waals surface area (Å²) in [5.74, 6) is 0.838. The molecule has 146 valence electrons. The third-order valence-corrected chi connectivity index (χ3v) is 6.04. The van der Waals surface area contributed by atoms with Gasteiger partial charge in [0.1, 0.15) is 5.75 Å². The van der Waals surface area contributed by atoms with Gasteiger partial charge in [0.2, 0.25) is 5.91 Å². The maximum Gasteiger partial charge on any atom is 0.233 e. The molecule has 0 aliphatic carbocycles. The number of methoxy groups -OCH3 is 1. The van der Waals surface area contributed by atoms with E-state index in [0.29, 0.717) is 13.0 Å². The monoisotopic (exact) mass is 396 g/mol. The molecule has 3 aromatic rings. The Morgan fingerprint density at radius 2 is 2.11 bits per heavy atom. The number of fused-ring (bicyclic) bond motifs is 1. The Morgan fingerprint density at radius 3 is 2.82 bits per heavy atom. The van der Waals surface area contributed by atoms with Crippen molar-refractivity contribution < 1.29 is 14.3 Å². The van der Waals surface area contributed by atoms with Crippen LogP contribution in [-0.2, 0) is 16.0 Å². The molecular weight excluding hydrogens is 372 g/mol. The maximum absolute atomic E-state index is 13.2. The average molecular weight is 397 g/mol. The molecule has 4 rings (SSSR count). The lowest BCUT2D eigenvalue weighted by Gasteiger charge is -2.23. The molecule has 0 bridgehead atoms. The van der Waals surface area contributed by atoms with E-state index in [-0.39, 0.29) is 12.0 Å². The second-order valence-corrected chi connectivity index (χ2v) is 8.14. The number of hydrogen-bond donors (Lipinski definition) is 0. The SMILES string of the molecule is COc1ccc2nc(N(CC3CCCO3)C(=O)Cc3ccc(C)cc3)sc2c1. The highest BCUT2D eigenvalue weighted by atomic mass is 32.1. The Hall–Kier alpha value is -2.44. The van der Waals surface area contributed by atoms with E-state index in [1.165, 1.54) is 16.9 Å². The molecule has 1 aliphatic heterocycles. The minimum Gasteiger partial charge on any atom is -0.497 e. The summed E-state index contributed by atoms with van der Waals surface area (Å²) in [5, 5.41) is 0.718. The minimum atomic E-state index is 0.0466. The van der Waals surface area contributed by atoms with Crippen LogP contribution in [0.3, 0.4) is 0 Å². The second kappa shape index (κ2) is 8.29. The van der Waals surface area contributed by atoms with Gasteiger partial charge in [-0.3, -0.25) is 9.69 Å². The van der Waals surface area contributed by atoms with Crippen molar-refractivity contribution in [2.45, 2.75) is 32.3 Å². The molecule has 1 aliphatic rings. The lowest BCUT2D eigenvalue weighted by molar-refractivity contribution is -0.118. The fraction of sp³-hybridized carbons (Fsp3) is 0.364. The normalized spacial score (nSPS) is 16.4. The number of carbonyl (C=O) groups excluding carboxylic acids is 1. The van der Waals surface area contributed by atoms with Crippen LogP contribution in [0.5, 0.6) is 5.75 Å². The highest BCUT2D eigenvalue weighted by Crippen LogP contribution is 2.32. The van der Waals surface area contributed by atoms with Gasteiger partial charge in [-0.25, -0.2) is 4.98 Å². The molecule has 0 N–H and O–H groups in total. The Morgan fingerprint density at radius 1 is 1.29 bits per heavy atom. The summed E-state index contributed by atoms with van der Waals surface area (Å²) in [6, 6.07) is 13.9. The summed E-state index contributed by atoms with van der Waals surface area (Å²) in [5.41, 5.74) is 3.07. The van der Waals surface area contributed by atoms with Crippen molar-refractivity contribution in [3.63, 3.8) is 0 Å². The van der Waals surface area contributed by atoms with Gasteiger partial charge in [-0.05, 0) is 43.5 Å². The predicted molar refractivity (Wildman–Crippen MR) is 112 cm³/mol. The minimum absolute atomic E-state index is 0.0466. The van der Waals surface area contributed by atoms with Gasteiger partial charge in [0.05, 0.1) is 36.4 Å². The van der Waals surface area contributed by atoms with E-state index >= 15 is 0 Å². The standard InChI is InChI=1S/C22H24N2O3S/c1-15-5-7-16(8-6-15)12-21(25)24(14-18-4-3-11-27-18)22-23-19-10-9-17(26-2)13-20(19)28-22/h5-10,13,18H,3-4,11-12,14H2,1-2H3. The van der Waals surface area contributed by atoms with Crippen LogP contribution in [0, 0.1) is 6.92 Å². The number of benzene rings is 2. The topological polar surface area (TPSA) is 51.7 Å². The van der Waals surface area contributed by atoms with Gasteiger partial charge in [-0.1, -0.05) is 41.2 Å². The van der Waals surface area contributed by atoms with Crippen LogP contribution in [0.15, 0.2) is 42.5 Å². The van der Waals surface area contributed by atoms with E-state index < -0.39 is 0 Å². The molecule has 0 saturated carbocycles. The van der Waals surface area contributed by atoms with Crippen LogP contribution in [-0.4, -0.2) is 37.3 Å². The Kier molecular flexibility index (Phi) is 5.59. The van der Waals surface area contributed by atoms with E-state index in [9.17, 15) is 4.79 Å². The Balaban J connectivity index is 1.62. The summed E-state index contributed by atoms with van der Waals surface area (Å²) < 4.78 is 12.1. The number of rotatable bonds is 6. The molecule has 6 heteroatoms. The van der Waals surface area contributed by atoms with Crippen molar-refractivity contribution in [2.24, 2.45) is 0 Å². The first-order valence-electron chi connectivity index (χ1n) is 9.54. The van der Waals surface area contributed by atoms with E-state index in [4.69, 9.17) is 14.5 Å². The number of hydrogen-bond acceptors (Lipinski definition) is 5. The van der Waals surface area contributed by atoms with Gasteiger partial charge in [-0.15, -0.1) is 0 Å². The Bertz CT molecular complexity index is 962. The number of anilines is 1. The number of thiazole rings is 1. The molecule has 28 heavy (non-hydrogen) atoms. The van der Waals surface area contributed by atoms with Crippen LogP contribution in [0.25, 0.3) is 10.2 Å². The third-order valence-electron chi connectivity index (χ3n) is 5.00. The third kappa shape index (κ3) is 4.18. The molecule has 1 atom stereocenters. The summed E-state index contributed by atoms with van der Waals surface area (Å²) in [6.45, 7) is 3.36. The molecule has 2 heterocycles. The number of aromatic nitrogens is 1. The summed E-state index contributed by atoms with van der Waals surface area (Å²) in [7, 11) is 1.65. The molecule has 1 saturated heterocycles. The predicted octanol–water partition coefficient (Wildman–Crippen LogP) is 4.37. The second-order valence-electron chi connectivity index (χ2n) is 7.13. The average Bonchev–Trinajstić information content (AvgIpc) is 3.36. The van der Waals surface area contributed by atoms with Crippen molar-refractivity contribution in [2.75, 3.05) is 25.2 Å². The van der Waals surface area contributed by atoms with Crippen LogP contribution in [0.2, 0.25) is 0 Å². The van der Waals surface area contributed by atoms with Crippen LogP contribution in [0.1, 0.15) is 24.0 Å². The largest absolute Gasteiger partial charge is 0.497 e. The molecule has 0 radical (unpaired) electrons. The number of ether oxygens (including phenoxy) is 2. The maximum atomic E-state index is 13.2. The molecule has 1 fully saturated rings. The first-order valence-corrected chi connectivity index (χ1v) is 10.4. The van der Waals surface area contributed by atoms with Gasteiger partial charge in [-0.2, -0.15) is 0 Å². The molecule has 1 aromatic heterocycles. The van der Waals surface area contributed by atoms with Gasteiger partial charge in [0.15, 0.2) is 5.13 Å². The van der Waals surface area contributed by atoms with E-state index in [1.54, 1.807) is 12.0 Å². The van der Waals surface area contributed by atoms with Crippen LogP contribution >= 0.6 is 11.3 Å². The number of amides is 1. The zero-order chi connectivity index (χ0) is 19.5. The smallest absolute Gasteiger partial charge is 0.233 e. The Labute approximate surface area is 168 Å².